The van der Waals surface area contributed by atoms with Crippen molar-refractivity contribution in [1.82, 2.24) is 14.5 Å². The van der Waals surface area contributed by atoms with Crippen LogP contribution >= 0.6 is 0 Å². The van der Waals surface area contributed by atoms with E-state index in [0.717, 1.165) is 0 Å². The molecule has 0 N–H and O–H groups in total. The van der Waals surface area contributed by atoms with Crippen LogP contribution in [0.3, 0.4) is 0 Å². The van der Waals surface area contributed by atoms with Gasteiger partial charge in [-0.25, -0.2) is 4.98 Å². The number of fused-ring (bicyclic) bond motifs is 1. The molecule has 0 aliphatic heterocycles. The molecule has 0 saturated heterocycles. The van der Waals surface area contributed by atoms with Gasteiger partial charge < -0.3 is 18.8 Å². The van der Waals surface area contributed by atoms with Crippen LogP contribution in [-0.2, 0) is 23.6 Å². The van der Waals surface area contributed by atoms with Crippen molar-refractivity contribution in [3.8, 4) is 17.2 Å². The fourth-order valence-electron chi connectivity index (χ4n) is 2.68. The van der Waals surface area contributed by atoms with E-state index in [2.05, 4.69) is 14.7 Å². The van der Waals surface area contributed by atoms with Gasteiger partial charge in [-0.3, -0.25) is 9.19 Å². The Balaban J connectivity index is 1.93. The minimum atomic E-state index is -2.92. The fraction of sp³-hybridized carbons (Fsp3) is 0.294. The maximum Gasteiger partial charge on any atom is 0.387 e. The standard InChI is InChI=1S/C17H17F2N3O4S/c1-22-13-5-4-10(26-16(18)19)8-11(13)21-17(22)27(23)9-12-15(25-3)14(24-2)6-7-20-12/h4-8,16H,9H2,1-3H3/t27-/m0/s1. The zero-order chi connectivity index (χ0) is 19.6. The van der Waals surface area contributed by atoms with Gasteiger partial charge in [0, 0.05) is 25.4 Å². The molecule has 0 bridgehead atoms. The maximum absolute atomic E-state index is 12.9. The van der Waals surface area contributed by atoms with Gasteiger partial charge in [-0.1, -0.05) is 0 Å². The molecule has 27 heavy (non-hydrogen) atoms. The predicted molar refractivity (Wildman–Crippen MR) is 94.8 cm³/mol. The maximum atomic E-state index is 12.9. The first-order valence-electron chi connectivity index (χ1n) is 7.80. The average Bonchev–Trinajstić information content (AvgIpc) is 2.97. The molecule has 0 spiro atoms. The van der Waals surface area contributed by atoms with E-state index in [4.69, 9.17) is 9.47 Å². The summed E-state index contributed by atoms with van der Waals surface area (Å²) in [5.41, 5.74) is 1.51. The van der Waals surface area contributed by atoms with Crippen molar-refractivity contribution in [3.63, 3.8) is 0 Å². The summed E-state index contributed by atoms with van der Waals surface area (Å²) in [5, 5.41) is 0.283. The number of benzene rings is 1. The number of aromatic nitrogens is 3. The van der Waals surface area contributed by atoms with Crippen molar-refractivity contribution in [2.45, 2.75) is 17.5 Å². The number of pyridine rings is 1. The normalized spacial score (nSPS) is 12.4. The number of aryl methyl sites for hydroxylation is 1. The van der Waals surface area contributed by atoms with E-state index in [0.29, 0.717) is 28.2 Å². The van der Waals surface area contributed by atoms with Crippen LogP contribution < -0.4 is 14.2 Å². The summed E-state index contributed by atoms with van der Waals surface area (Å²) >= 11 is 0. The first-order valence-corrected chi connectivity index (χ1v) is 9.12. The van der Waals surface area contributed by atoms with E-state index < -0.39 is 17.4 Å². The van der Waals surface area contributed by atoms with Crippen LogP contribution in [0, 0.1) is 0 Å². The number of rotatable bonds is 7. The van der Waals surface area contributed by atoms with Crippen LogP contribution in [0.15, 0.2) is 35.6 Å². The second kappa shape index (κ2) is 7.87. The van der Waals surface area contributed by atoms with Crippen LogP contribution in [-0.4, -0.2) is 39.6 Å². The van der Waals surface area contributed by atoms with Gasteiger partial charge in [-0.05, 0) is 12.1 Å². The lowest BCUT2D eigenvalue weighted by Gasteiger charge is -2.11. The number of imidazole rings is 1. The zero-order valence-electron chi connectivity index (χ0n) is 14.8. The Hall–Kier alpha value is -2.75. The molecule has 10 heteroatoms. The Bertz CT molecular complexity index is 994. The summed E-state index contributed by atoms with van der Waals surface area (Å²) in [6.07, 6.45) is 1.54. The summed E-state index contributed by atoms with van der Waals surface area (Å²) in [5.74, 6) is 0.930. The number of halogens is 2. The summed E-state index contributed by atoms with van der Waals surface area (Å²) in [6.45, 7) is -2.92. The van der Waals surface area contributed by atoms with Crippen molar-refractivity contribution >= 4 is 21.8 Å². The third-order valence-electron chi connectivity index (χ3n) is 3.87. The SMILES string of the molecule is COc1ccnc(C[S@](=O)c2nc3cc(OC(F)F)ccc3n2C)c1OC. The number of nitrogens with zero attached hydrogens (tertiary/aromatic N) is 3. The molecule has 0 fully saturated rings. The first kappa shape index (κ1) is 19.0. The monoisotopic (exact) mass is 397 g/mol. The molecule has 3 aromatic rings. The number of hydrogen-bond acceptors (Lipinski definition) is 6. The Labute approximate surface area is 156 Å². The minimum absolute atomic E-state index is 0.0101. The van der Waals surface area contributed by atoms with Crippen LogP contribution in [0.2, 0.25) is 0 Å². The van der Waals surface area contributed by atoms with E-state index in [-0.39, 0.29) is 16.7 Å². The van der Waals surface area contributed by atoms with E-state index in [1.807, 2.05) is 0 Å². The fourth-order valence-corrected chi connectivity index (χ4v) is 3.87. The molecule has 1 aromatic carbocycles. The van der Waals surface area contributed by atoms with Crippen molar-refractivity contribution in [2.24, 2.45) is 7.05 Å². The van der Waals surface area contributed by atoms with Crippen LogP contribution in [0.1, 0.15) is 5.69 Å². The molecule has 0 aliphatic rings. The van der Waals surface area contributed by atoms with E-state index in [9.17, 15) is 13.0 Å². The third-order valence-corrected chi connectivity index (χ3v) is 5.18. The number of alkyl halides is 2. The summed E-state index contributed by atoms with van der Waals surface area (Å²) < 4.78 is 54.2. The predicted octanol–water partition coefficient (Wildman–Crippen LogP) is 2.89. The lowest BCUT2D eigenvalue weighted by molar-refractivity contribution is -0.0497. The summed E-state index contributed by atoms with van der Waals surface area (Å²) in [4.78, 5) is 8.53. The third kappa shape index (κ3) is 3.85. The molecule has 3 rings (SSSR count). The van der Waals surface area contributed by atoms with Gasteiger partial charge in [-0.15, -0.1) is 0 Å². The molecule has 0 saturated carbocycles. The van der Waals surface area contributed by atoms with Crippen molar-refractivity contribution in [2.75, 3.05) is 14.2 Å². The van der Waals surface area contributed by atoms with Gasteiger partial charge >= 0.3 is 6.61 Å². The van der Waals surface area contributed by atoms with Crippen molar-refractivity contribution < 1.29 is 27.2 Å². The average molecular weight is 397 g/mol. The summed E-state index contributed by atoms with van der Waals surface area (Å²) in [6, 6.07) is 6.03. The van der Waals surface area contributed by atoms with E-state index in [1.54, 1.807) is 23.7 Å². The molecule has 7 nitrogen and oxygen atoms in total. The molecule has 0 aliphatic carbocycles. The first-order chi connectivity index (χ1) is 12.9. The molecule has 1 atom stereocenters. The lowest BCUT2D eigenvalue weighted by Crippen LogP contribution is -2.07. The number of hydrogen-bond donors (Lipinski definition) is 0. The highest BCUT2D eigenvalue weighted by Crippen LogP contribution is 2.31. The Morgan fingerprint density at radius 1 is 1.22 bits per heavy atom. The second-order valence-corrected chi connectivity index (χ2v) is 6.81. The van der Waals surface area contributed by atoms with Gasteiger partial charge in [0.25, 0.3) is 0 Å². The van der Waals surface area contributed by atoms with Crippen LogP contribution in [0.4, 0.5) is 8.78 Å². The Kier molecular flexibility index (Phi) is 5.54. The van der Waals surface area contributed by atoms with Gasteiger partial charge in [0.2, 0.25) is 0 Å². The van der Waals surface area contributed by atoms with Gasteiger partial charge in [0.1, 0.15) is 5.75 Å². The highest BCUT2D eigenvalue weighted by atomic mass is 32.2. The molecule has 2 aromatic heterocycles. The quantitative estimate of drug-likeness (QED) is 0.610. The Morgan fingerprint density at radius 3 is 2.67 bits per heavy atom. The number of methoxy groups -OCH3 is 2. The molecule has 144 valence electrons. The van der Waals surface area contributed by atoms with Gasteiger partial charge in [0.15, 0.2) is 16.7 Å². The lowest BCUT2D eigenvalue weighted by atomic mass is 10.3. The molecular weight excluding hydrogens is 380 g/mol. The van der Waals surface area contributed by atoms with Crippen molar-refractivity contribution in [3.05, 3.63) is 36.2 Å². The molecule has 0 radical (unpaired) electrons. The highest BCUT2D eigenvalue weighted by Gasteiger charge is 2.19. The summed E-state index contributed by atoms with van der Waals surface area (Å²) in [7, 11) is 3.13. The minimum Gasteiger partial charge on any atom is -0.493 e. The molecule has 2 heterocycles. The van der Waals surface area contributed by atoms with Crippen LogP contribution in [0.25, 0.3) is 11.0 Å². The van der Waals surface area contributed by atoms with Crippen molar-refractivity contribution in [1.29, 1.82) is 0 Å². The topological polar surface area (TPSA) is 75.5 Å². The zero-order valence-corrected chi connectivity index (χ0v) is 15.6. The number of ether oxygens (including phenoxy) is 3. The largest absolute Gasteiger partial charge is 0.493 e. The van der Waals surface area contributed by atoms with E-state index >= 15 is 0 Å². The second-order valence-electron chi connectivity index (χ2n) is 5.47. The smallest absolute Gasteiger partial charge is 0.387 e. The Morgan fingerprint density at radius 2 is 2.00 bits per heavy atom. The van der Waals surface area contributed by atoms with Gasteiger partial charge in [-0.2, -0.15) is 8.78 Å². The van der Waals surface area contributed by atoms with E-state index in [1.165, 1.54) is 32.5 Å². The van der Waals surface area contributed by atoms with Gasteiger partial charge in [0.05, 0.1) is 47.5 Å². The highest BCUT2D eigenvalue weighted by molar-refractivity contribution is 7.84. The van der Waals surface area contributed by atoms with Crippen LogP contribution in [0.5, 0.6) is 17.2 Å². The molecule has 0 unspecified atom stereocenters. The molecular formula is C17H17F2N3O4S. The molecule has 0 amide bonds.